The van der Waals surface area contributed by atoms with Crippen molar-refractivity contribution < 1.29 is 13.6 Å². The molecule has 0 saturated heterocycles. The van der Waals surface area contributed by atoms with E-state index in [1.165, 1.54) is 0 Å². The van der Waals surface area contributed by atoms with Crippen LogP contribution in [0.5, 0.6) is 0 Å². The molecule has 0 aromatic heterocycles. The molecule has 2 nitrogen and oxygen atoms in total. The number of halogens is 2. The Hall–Kier alpha value is -1.71. The zero-order chi connectivity index (χ0) is 11.8. The van der Waals surface area contributed by atoms with E-state index in [0.29, 0.717) is 0 Å². The van der Waals surface area contributed by atoms with Crippen LogP contribution in [0, 0.1) is 0 Å². The summed E-state index contributed by atoms with van der Waals surface area (Å²) in [6, 6.07) is 9.52. The van der Waals surface area contributed by atoms with Gasteiger partial charge < -0.3 is 4.84 Å². The van der Waals surface area contributed by atoms with Crippen molar-refractivity contribution >= 4 is 5.71 Å². The fourth-order valence-electron chi connectivity index (χ4n) is 1.10. The van der Waals surface area contributed by atoms with Gasteiger partial charge in [0, 0.05) is 6.42 Å². The van der Waals surface area contributed by atoms with E-state index in [-0.39, 0.29) is 13.0 Å². The normalized spacial score (nSPS) is 11.1. The smallest absolute Gasteiger partial charge is 0.266 e. The SMILES string of the molecule is C/C(=N\OCCC=C(F)F)c1ccccc1. The highest BCUT2D eigenvalue weighted by Gasteiger charge is 1.95. The summed E-state index contributed by atoms with van der Waals surface area (Å²) in [5, 5.41) is 3.83. The summed E-state index contributed by atoms with van der Waals surface area (Å²) in [6.07, 6.45) is -0.714. The highest BCUT2D eigenvalue weighted by molar-refractivity contribution is 5.98. The summed E-state index contributed by atoms with van der Waals surface area (Å²) in [5.41, 5.74) is 1.68. The van der Waals surface area contributed by atoms with E-state index in [1.54, 1.807) is 6.92 Å². The number of rotatable bonds is 5. The molecule has 16 heavy (non-hydrogen) atoms. The van der Waals surface area contributed by atoms with Crippen LogP contribution in [0.1, 0.15) is 18.9 Å². The second kappa shape index (κ2) is 6.71. The van der Waals surface area contributed by atoms with Gasteiger partial charge in [0.05, 0.1) is 5.71 Å². The minimum Gasteiger partial charge on any atom is -0.395 e. The lowest BCUT2D eigenvalue weighted by atomic mass is 10.1. The van der Waals surface area contributed by atoms with Crippen LogP contribution in [-0.2, 0) is 4.84 Å². The van der Waals surface area contributed by atoms with Gasteiger partial charge in [-0.05, 0) is 18.6 Å². The van der Waals surface area contributed by atoms with Crippen LogP contribution in [-0.4, -0.2) is 12.3 Å². The first-order valence-electron chi connectivity index (χ1n) is 4.93. The highest BCUT2D eigenvalue weighted by atomic mass is 19.3. The second-order valence-corrected chi connectivity index (χ2v) is 3.16. The van der Waals surface area contributed by atoms with Crippen molar-refractivity contribution in [3.63, 3.8) is 0 Å². The molecule has 0 fully saturated rings. The lowest BCUT2D eigenvalue weighted by molar-refractivity contribution is 0.148. The first-order valence-corrected chi connectivity index (χ1v) is 4.93. The Balaban J connectivity index is 2.38. The number of hydrogen-bond acceptors (Lipinski definition) is 2. The summed E-state index contributed by atoms with van der Waals surface area (Å²) in [4.78, 5) is 4.91. The van der Waals surface area contributed by atoms with Crippen LogP contribution in [0.4, 0.5) is 8.78 Å². The minimum atomic E-state index is -1.69. The molecule has 0 aliphatic rings. The number of benzene rings is 1. The van der Waals surface area contributed by atoms with E-state index < -0.39 is 6.08 Å². The van der Waals surface area contributed by atoms with Crippen LogP contribution in [0.15, 0.2) is 47.6 Å². The predicted molar refractivity (Wildman–Crippen MR) is 59.5 cm³/mol. The molecule has 0 bridgehead atoms. The van der Waals surface area contributed by atoms with Gasteiger partial charge in [-0.15, -0.1) is 0 Å². The van der Waals surface area contributed by atoms with Crippen LogP contribution in [0.25, 0.3) is 0 Å². The second-order valence-electron chi connectivity index (χ2n) is 3.16. The molecular formula is C12H13F2NO. The Kier molecular flexibility index (Phi) is 5.19. The first kappa shape index (κ1) is 12.4. The predicted octanol–water partition coefficient (Wildman–Crippen LogP) is 3.60. The van der Waals surface area contributed by atoms with Gasteiger partial charge in [-0.2, -0.15) is 8.78 Å². The third-order valence-electron chi connectivity index (χ3n) is 1.90. The van der Waals surface area contributed by atoms with Gasteiger partial charge in [0.15, 0.2) is 0 Å². The van der Waals surface area contributed by atoms with Crippen molar-refractivity contribution in [1.29, 1.82) is 0 Å². The van der Waals surface area contributed by atoms with E-state index in [1.807, 2.05) is 30.3 Å². The average Bonchev–Trinajstić information content (AvgIpc) is 2.29. The Bertz CT molecular complexity index is 370. The summed E-state index contributed by atoms with van der Waals surface area (Å²) >= 11 is 0. The lowest BCUT2D eigenvalue weighted by Crippen LogP contribution is -1.96. The van der Waals surface area contributed by atoms with Crippen LogP contribution in [0.2, 0.25) is 0 Å². The van der Waals surface area contributed by atoms with Gasteiger partial charge in [0.25, 0.3) is 6.08 Å². The van der Waals surface area contributed by atoms with Crippen molar-refractivity contribution in [3.05, 3.63) is 48.1 Å². The summed E-state index contributed by atoms with van der Waals surface area (Å²) in [7, 11) is 0. The fourth-order valence-corrected chi connectivity index (χ4v) is 1.10. The Labute approximate surface area is 93.2 Å². The molecule has 0 saturated carbocycles. The monoisotopic (exact) mass is 225 g/mol. The molecule has 0 aliphatic carbocycles. The topological polar surface area (TPSA) is 21.6 Å². The van der Waals surface area contributed by atoms with Gasteiger partial charge in [-0.3, -0.25) is 0 Å². The summed E-state index contributed by atoms with van der Waals surface area (Å²) in [6.45, 7) is 1.96. The number of nitrogens with zero attached hydrogens (tertiary/aromatic N) is 1. The molecule has 0 N–H and O–H groups in total. The van der Waals surface area contributed by atoms with Gasteiger partial charge in [0.2, 0.25) is 0 Å². The van der Waals surface area contributed by atoms with Crippen molar-refractivity contribution in [2.45, 2.75) is 13.3 Å². The van der Waals surface area contributed by atoms with Crippen LogP contribution in [0.3, 0.4) is 0 Å². The van der Waals surface area contributed by atoms with E-state index in [0.717, 1.165) is 17.4 Å². The zero-order valence-corrected chi connectivity index (χ0v) is 8.99. The number of hydrogen-bond donors (Lipinski definition) is 0. The molecule has 0 amide bonds. The largest absolute Gasteiger partial charge is 0.395 e. The van der Waals surface area contributed by atoms with Crippen molar-refractivity contribution in [2.24, 2.45) is 5.16 Å². The summed E-state index contributed by atoms with van der Waals surface area (Å²) in [5.74, 6) is 0. The van der Waals surface area contributed by atoms with E-state index in [4.69, 9.17) is 4.84 Å². The molecule has 0 radical (unpaired) electrons. The molecule has 0 heterocycles. The molecule has 4 heteroatoms. The van der Waals surface area contributed by atoms with E-state index in [2.05, 4.69) is 5.16 Å². The molecule has 1 aromatic rings. The third kappa shape index (κ3) is 4.68. The van der Waals surface area contributed by atoms with E-state index >= 15 is 0 Å². The molecule has 0 atom stereocenters. The maximum atomic E-state index is 11.7. The maximum absolute atomic E-state index is 11.7. The van der Waals surface area contributed by atoms with Gasteiger partial charge >= 0.3 is 0 Å². The first-order chi connectivity index (χ1) is 7.70. The highest BCUT2D eigenvalue weighted by Crippen LogP contribution is 2.02. The molecular weight excluding hydrogens is 212 g/mol. The van der Waals surface area contributed by atoms with Crippen LogP contribution < -0.4 is 0 Å². The minimum absolute atomic E-state index is 0.154. The van der Waals surface area contributed by atoms with Crippen molar-refractivity contribution in [3.8, 4) is 0 Å². The molecule has 0 spiro atoms. The third-order valence-corrected chi connectivity index (χ3v) is 1.90. The lowest BCUT2D eigenvalue weighted by Gasteiger charge is -2.00. The van der Waals surface area contributed by atoms with Gasteiger partial charge in [-0.25, -0.2) is 0 Å². The fraction of sp³-hybridized carbons (Fsp3) is 0.250. The molecule has 1 rings (SSSR count). The summed E-state index contributed by atoms with van der Waals surface area (Å²) < 4.78 is 23.3. The average molecular weight is 225 g/mol. The molecule has 0 unspecified atom stereocenters. The van der Waals surface area contributed by atoms with Gasteiger partial charge in [0.1, 0.15) is 6.61 Å². The molecule has 1 aromatic carbocycles. The standard InChI is InChI=1S/C12H13F2NO/c1-10(11-6-3-2-4-7-11)15-16-9-5-8-12(13)14/h2-4,6-8H,5,9H2,1H3/b15-10+. The molecule has 0 aliphatic heterocycles. The van der Waals surface area contributed by atoms with Crippen LogP contribution >= 0.6 is 0 Å². The quantitative estimate of drug-likeness (QED) is 0.426. The maximum Gasteiger partial charge on any atom is 0.266 e. The zero-order valence-electron chi connectivity index (χ0n) is 8.99. The Morgan fingerprint density at radius 3 is 2.62 bits per heavy atom. The Morgan fingerprint density at radius 1 is 1.31 bits per heavy atom. The van der Waals surface area contributed by atoms with Crippen molar-refractivity contribution in [2.75, 3.05) is 6.61 Å². The van der Waals surface area contributed by atoms with E-state index in [9.17, 15) is 8.78 Å². The molecule has 86 valence electrons. The Morgan fingerprint density at radius 2 is 2.00 bits per heavy atom. The number of oxime groups is 1. The van der Waals surface area contributed by atoms with Gasteiger partial charge in [-0.1, -0.05) is 35.5 Å². The van der Waals surface area contributed by atoms with Crippen molar-refractivity contribution in [1.82, 2.24) is 0 Å².